The lowest BCUT2D eigenvalue weighted by Crippen LogP contribution is -2.46. The molecule has 31 heavy (non-hydrogen) atoms. The monoisotopic (exact) mass is 423 g/mol. The summed E-state index contributed by atoms with van der Waals surface area (Å²) in [4.78, 5) is 27.3. The minimum absolute atomic E-state index is 0.0174. The first kappa shape index (κ1) is 20.5. The molecule has 7 heteroatoms. The summed E-state index contributed by atoms with van der Waals surface area (Å²) in [5.41, 5.74) is 2.20. The fraction of sp³-hybridized carbons (Fsp3) is 0.542. The first-order valence-electron chi connectivity index (χ1n) is 11.2. The Morgan fingerprint density at radius 2 is 1.87 bits per heavy atom. The van der Waals surface area contributed by atoms with Crippen molar-refractivity contribution in [2.24, 2.45) is 11.8 Å². The van der Waals surface area contributed by atoms with Crippen LogP contribution < -0.4 is 0 Å². The summed E-state index contributed by atoms with van der Waals surface area (Å²) >= 11 is 0. The minimum Gasteiger partial charge on any atom is -0.380 e. The SMILES string of the molecule is O=C(C1CCC(Cc2ccc(C3(O)COC3)cc2)CC1)N1OCC[C@H]1c1cnccn1. The van der Waals surface area contributed by atoms with Gasteiger partial charge in [-0.2, -0.15) is 0 Å². The van der Waals surface area contributed by atoms with Crippen LogP contribution in [0.1, 0.15) is 55.0 Å². The number of amides is 1. The largest absolute Gasteiger partial charge is 0.380 e. The smallest absolute Gasteiger partial charge is 0.249 e. The Balaban J connectivity index is 1.15. The number of carbonyl (C=O) groups excluding carboxylic acids is 1. The number of aromatic nitrogens is 2. The number of nitrogens with zero attached hydrogens (tertiary/aromatic N) is 3. The van der Waals surface area contributed by atoms with E-state index in [0.717, 1.165) is 49.8 Å². The van der Waals surface area contributed by atoms with Crippen molar-refractivity contribution in [2.45, 2.75) is 50.2 Å². The van der Waals surface area contributed by atoms with Gasteiger partial charge in [0, 0.05) is 24.7 Å². The van der Waals surface area contributed by atoms with Crippen molar-refractivity contribution in [3.05, 3.63) is 59.7 Å². The highest BCUT2D eigenvalue weighted by Crippen LogP contribution is 2.37. The molecule has 0 radical (unpaired) electrons. The highest BCUT2D eigenvalue weighted by Gasteiger charge is 2.39. The number of rotatable bonds is 5. The standard InChI is InChI=1S/C24H29N3O4/c28-23(27-22(9-12-31-27)21-14-25-10-11-26-21)19-5-1-17(2-6-19)13-18-3-7-20(8-4-18)24(29)15-30-16-24/h3-4,7-8,10-11,14,17,19,22,29H,1-2,5-6,9,12-13,15-16H2/t17?,19?,22-/m0/s1. The molecule has 2 aliphatic heterocycles. The molecule has 3 aliphatic rings. The van der Waals surface area contributed by atoms with Gasteiger partial charge >= 0.3 is 0 Å². The van der Waals surface area contributed by atoms with Crippen molar-refractivity contribution in [3.63, 3.8) is 0 Å². The fourth-order valence-corrected chi connectivity index (χ4v) is 4.98. The summed E-state index contributed by atoms with van der Waals surface area (Å²) in [6, 6.07) is 8.14. The van der Waals surface area contributed by atoms with Crippen molar-refractivity contribution in [1.82, 2.24) is 15.0 Å². The van der Waals surface area contributed by atoms with E-state index < -0.39 is 5.60 Å². The number of benzene rings is 1. The average molecular weight is 424 g/mol. The number of ether oxygens (including phenoxy) is 1. The number of aliphatic hydroxyl groups is 1. The molecular weight excluding hydrogens is 394 g/mol. The van der Waals surface area contributed by atoms with Gasteiger partial charge in [-0.3, -0.25) is 19.6 Å². The van der Waals surface area contributed by atoms with Crippen LogP contribution in [0, 0.1) is 11.8 Å². The summed E-state index contributed by atoms with van der Waals surface area (Å²) in [6.45, 7) is 1.30. The molecule has 2 aromatic rings. The maximum atomic E-state index is 13.1. The van der Waals surface area contributed by atoms with Crippen LogP contribution in [0.15, 0.2) is 42.9 Å². The molecule has 7 nitrogen and oxygen atoms in total. The normalized spacial score (nSPS) is 27.6. The molecule has 1 aromatic heterocycles. The van der Waals surface area contributed by atoms with E-state index in [1.54, 1.807) is 23.7 Å². The summed E-state index contributed by atoms with van der Waals surface area (Å²) in [5, 5.41) is 11.9. The predicted octanol–water partition coefficient (Wildman–Crippen LogP) is 2.95. The lowest BCUT2D eigenvalue weighted by atomic mass is 9.78. The van der Waals surface area contributed by atoms with Crippen LogP contribution in [0.2, 0.25) is 0 Å². The first-order chi connectivity index (χ1) is 15.1. The molecule has 1 N–H and O–H groups in total. The van der Waals surface area contributed by atoms with Gasteiger partial charge in [0.1, 0.15) is 11.6 Å². The quantitative estimate of drug-likeness (QED) is 0.796. The number of hydrogen-bond donors (Lipinski definition) is 1. The highest BCUT2D eigenvalue weighted by atomic mass is 16.7. The molecule has 1 atom stereocenters. The van der Waals surface area contributed by atoms with Crippen LogP contribution >= 0.6 is 0 Å². The molecular formula is C24H29N3O4. The number of hydrogen-bond acceptors (Lipinski definition) is 6. The zero-order valence-electron chi connectivity index (χ0n) is 17.7. The Morgan fingerprint density at radius 3 is 2.52 bits per heavy atom. The molecule has 3 heterocycles. The Bertz CT molecular complexity index is 893. The van der Waals surface area contributed by atoms with Crippen molar-refractivity contribution in [3.8, 4) is 0 Å². The van der Waals surface area contributed by atoms with Crippen molar-refractivity contribution in [1.29, 1.82) is 0 Å². The molecule has 3 fully saturated rings. The highest BCUT2D eigenvalue weighted by molar-refractivity contribution is 5.78. The van der Waals surface area contributed by atoms with Gasteiger partial charge in [-0.1, -0.05) is 24.3 Å². The van der Waals surface area contributed by atoms with E-state index in [9.17, 15) is 9.90 Å². The van der Waals surface area contributed by atoms with Crippen molar-refractivity contribution in [2.75, 3.05) is 19.8 Å². The zero-order chi connectivity index (χ0) is 21.3. The molecule has 164 valence electrons. The molecule has 1 aliphatic carbocycles. The van der Waals surface area contributed by atoms with Gasteiger partial charge in [-0.25, -0.2) is 5.06 Å². The Labute approximate surface area is 182 Å². The molecule has 1 aromatic carbocycles. The van der Waals surface area contributed by atoms with Gasteiger partial charge in [0.25, 0.3) is 0 Å². The Morgan fingerprint density at radius 1 is 1.10 bits per heavy atom. The van der Waals surface area contributed by atoms with Crippen LogP contribution in [0.4, 0.5) is 0 Å². The zero-order valence-corrected chi connectivity index (χ0v) is 17.7. The minimum atomic E-state index is -0.808. The topological polar surface area (TPSA) is 84.8 Å². The van der Waals surface area contributed by atoms with E-state index >= 15 is 0 Å². The molecule has 0 bridgehead atoms. The van der Waals surface area contributed by atoms with Crippen LogP contribution in [-0.4, -0.2) is 45.9 Å². The third-order valence-corrected chi connectivity index (χ3v) is 6.94. The van der Waals surface area contributed by atoms with E-state index in [1.165, 1.54) is 5.56 Å². The maximum absolute atomic E-state index is 13.1. The summed E-state index contributed by atoms with van der Waals surface area (Å²) in [6.07, 6.45) is 10.7. The van der Waals surface area contributed by atoms with Crippen molar-refractivity contribution < 1.29 is 19.5 Å². The van der Waals surface area contributed by atoms with Crippen LogP contribution in [-0.2, 0) is 26.4 Å². The van der Waals surface area contributed by atoms with Crippen LogP contribution in [0.25, 0.3) is 0 Å². The molecule has 5 rings (SSSR count). The fourth-order valence-electron chi connectivity index (χ4n) is 4.98. The molecule has 0 spiro atoms. The lowest BCUT2D eigenvalue weighted by Gasteiger charge is -2.36. The summed E-state index contributed by atoms with van der Waals surface area (Å²) in [5.74, 6) is 0.691. The first-order valence-corrected chi connectivity index (χ1v) is 11.2. The van der Waals surface area contributed by atoms with E-state index in [2.05, 4.69) is 22.1 Å². The predicted molar refractivity (Wildman–Crippen MR) is 112 cm³/mol. The second kappa shape index (κ2) is 8.65. The molecule has 1 amide bonds. The van der Waals surface area contributed by atoms with E-state index in [0.29, 0.717) is 25.7 Å². The second-order valence-electron chi connectivity index (χ2n) is 9.08. The second-order valence-corrected chi connectivity index (χ2v) is 9.08. The summed E-state index contributed by atoms with van der Waals surface area (Å²) in [7, 11) is 0. The third-order valence-electron chi connectivity index (χ3n) is 6.94. The van der Waals surface area contributed by atoms with Crippen molar-refractivity contribution >= 4 is 5.91 Å². The number of hydroxylamine groups is 2. The van der Waals surface area contributed by atoms with Gasteiger partial charge in [-0.05, 0) is 49.1 Å². The van der Waals surface area contributed by atoms with Gasteiger partial charge in [0.05, 0.1) is 31.7 Å². The van der Waals surface area contributed by atoms with E-state index in [4.69, 9.17) is 9.57 Å². The maximum Gasteiger partial charge on any atom is 0.249 e. The lowest BCUT2D eigenvalue weighted by molar-refractivity contribution is -0.184. The Kier molecular flexibility index (Phi) is 5.73. The molecule has 1 saturated carbocycles. The Hall–Kier alpha value is -2.35. The van der Waals surface area contributed by atoms with E-state index in [1.807, 2.05) is 12.1 Å². The van der Waals surface area contributed by atoms with Gasteiger partial charge < -0.3 is 9.84 Å². The number of carbonyl (C=O) groups is 1. The van der Waals surface area contributed by atoms with Crippen LogP contribution in [0.3, 0.4) is 0 Å². The van der Waals surface area contributed by atoms with E-state index in [-0.39, 0.29) is 17.9 Å². The van der Waals surface area contributed by atoms with Gasteiger partial charge in [0.15, 0.2) is 0 Å². The molecule has 2 saturated heterocycles. The van der Waals surface area contributed by atoms with Gasteiger partial charge in [0.2, 0.25) is 5.91 Å². The van der Waals surface area contributed by atoms with Crippen LogP contribution in [0.5, 0.6) is 0 Å². The molecule has 0 unspecified atom stereocenters. The summed E-state index contributed by atoms with van der Waals surface area (Å²) < 4.78 is 5.15. The average Bonchev–Trinajstić information content (AvgIpc) is 3.29. The van der Waals surface area contributed by atoms with Gasteiger partial charge in [-0.15, -0.1) is 0 Å². The third kappa shape index (κ3) is 4.22.